The standard InChI is InChI=1S/Ce.4ClH.Cs/h;4*1H;/q+3;;;;;+1/p-4. The first kappa shape index (κ1) is 46.2. The first-order valence-corrected chi connectivity index (χ1v) is 0. The van der Waals surface area contributed by atoms with Crippen molar-refractivity contribution in [3.8, 4) is 0 Å². The fourth-order valence-corrected chi connectivity index (χ4v) is 0. The SMILES string of the molecule is [Ce+3].[Cl-].[Cl-].[Cl-].[Cl-].[Cs+]. The maximum absolute atomic E-state index is 0. The van der Waals surface area contributed by atoms with Gasteiger partial charge in [0.05, 0.1) is 0 Å². The van der Waals surface area contributed by atoms with Gasteiger partial charge in [-0.2, -0.15) is 0 Å². The predicted molar refractivity (Wildman–Crippen MR) is 0 cm³/mol. The quantitative estimate of drug-likeness (QED) is 0.369. The van der Waals surface area contributed by atoms with Crippen LogP contribution >= 0.6 is 0 Å². The average Bonchev–Trinajstić information content (AvgIpc) is 0. The Kier molecular flexibility index (Phi) is 259. The largest absolute Gasteiger partial charge is 3.00 e. The molecule has 0 atom stereocenters. The third-order valence-electron chi connectivity index (χ3n) is 0. The fraction of sp³-hybridized carbons (Fsp3) is 0. The van der Waals surface area contributed by atoms with Crippen molar-refractivity contribution in [2.75, 3.05) is 0 Å². The van der Waals surface area contributed by atoms with Gasteiger partial charge in [0.2, 0.25) is 0 Å². The molecule has 0 aromatic rings. The zero-order chi connectivity index (χ0) is 0. The van der Waals surface area contributed by atoms with Gasteiger partial charge in [0, 0.05) is 0 Å². The molecule has 0 aliphatic carbocycles. The second-order valence-electron chi connectivity index (χ2n) is 0. The third-order valence-corrected chi connectivity index (χ3v) is 0. The second-order valence-corrected chi connectivity index (χ2v) is 0. The van der Waals surface area contributed by atoms with E-state index < -0.39 is 0 Å². The van der Waals surface area contributed by atoms with Crippen LogP contribution in [0.3, 0.4) is 0 Å². The molecular weight excluding hydrogens is 415 g/mol. The van der Waals surface area contributed by atoms with Crippen LogP contribution < -0.4 is 119 Å². The normalized spacial score (nSPS) is 0. The van der Waals surface area contributed by atoms with E-state index in [1.54, 1.807) is 0 Å². The van der Waals surface area contributed by atoms with Crippen LogP contribution in [-0.4, -0.2) is 0 Å². The van der Waals surface area contributed by atoms with Gasteiger partial charge in [-0.1, -0.05) is 0 Å². The van der Waals surface area contributed by atoms with Crippen LogP contribution in [0.5, 0.6) is 0 Å². The predicted octanol–water partition coefficient (Wildman–Crippen LogP) is -15.0. The van der Waals surface area contributed by atoms with Crippen molar-refractivity contribution in [1.29, 1.82) is 0 Å². The zero-order valence-corrected chi connectivity index (χ0v) is 15.5. The van der Waals surface area contributed by atoms with Crippen molar-refractivity contribution in [1.82, 2.24) is 0 Å². The molecule has 0 rings (SSSR count). The van der Waals surface area contributed by atoms with E-state index in [1.165, 1.54) is 0 Å². The molecule has 6 heteroatoms. The van der Waals surface area contributed by atoms with E-state index in [0.717, 1.165) is 0 Å². The van der Waals surface area contributed by atoms with Gasteiger partial charge in [-0.15, -0.1) is 0 Å². The van der Waals surface area contributed by atoms with Crippen molar-refractivity contribution in [2.45, 2.75) is 0 Å². The van der Waals surface area contributed by atoms with Crippen LogP contribution in [0.2, 0.25) is 0 Å². The van der Waals surface area contributed by atoms with E-state index >= 15 is 0 Å². The Balaban J connectivity index is 0. The first-order valence-electron chi connectivity index (χ1n) is 0. The molecule has 33 valence electrons. The molecule has 0 saturated carbocycles. The van der Waals surface area contributed by atoms with E-state index in [4.69, 9.17) is 0 Å². The molecule has 0 amide bonds. The maximum atomic E-state index is 0. The van der Waals surface area contributed by atoms with Crippen LogP contribution in [0.4, 0.5) is 0 Å². The molecule has 0 fully saturated rings. The summed E-state index contributed by atoms with van der Waals surface area (Å²) in [6.45, 7) is 0. The summed E-state index contributed by atoms with van der Waals surface area (Å²) in [6.07, 6.45) is 0. The van der Waals surface area contributed by atoms with Crippen LogP contribution in [0.1, 0.15) is 0 Å². The Labute approximate surface area is 155 Å². The Morgan fingerprint density at radius 3 is 0.500 bits per heavy atom. The monoisotopic (exact) mass is 413 g/mol. The molecule has 0 aliphatic rings. The Bertz CT molecular complexity index is 7.51. The van der Waals surface area contributed by atoms with Crippen molar-refractivity contribution >= 4 is 0 Å². The summed E-state index contributed by atoms with van der Waals surface area (Å²) in [5.74, 6) is 0. The van der Waals surface area contributed by atoms with Gasteiger partial charge in [-0.3, -0.25) is 0 Å². The van der Waals surface area contributed by atoms with Gasteiger partial charge < -0.3 is 49.6 Å². The number of hydrogen-bond acceptors (Lipinski definition) is 0. The van der Waals surface area contributed by atoms with Crippen molar-refractivity contribution in [3.63, 3.8) is 0 Å². The number of halogens is 4. The third kappa shape index (κ3) is 23.5. The molecule has 0 saturated heterocycles. The van der Waals surface area contributed by atoms with E-state index in [2.05, 4.69) is 0 Å². The summed E-state index contributed by atoms with van der Waals surface area (Å²) in [6, 6.07) is 0. The van der Waals surface area contributed by atoms with E-state index in [0.29, 0.717) is 0 Å². The van der Waals surface area contributed by atoms with E-state index in [-0.39, 0.29) is 160 Å². The zero-order valence-electron chi connectivity index (χ0n) is 3.01. The molecule has 0 nitrogen and oxygen atoms in total. The molecule has 0 aliphatic heterocycles. The van der Waals surface area contributed by atoms with Crippen LogP contribution in [-0.2, 0) is 0 Å². The Morgan fingerprint density at radius 1 is 0.500 bits per heavy atom. The smallest absolute Gasteiger partial charge is 1.00 e. The van der Waals surface area contributed by atoms with E-state index in [1.807, 2.05) is 0 Å². The molecule has 0 aromatic heterocycles. The van der Waals surface area contributed by atoms with Crippen molar-refractivity contribution < 1.29 is 160 Å². The van der Waals surface area contributed by atoms with Crippen LogP contribution in [0.15, 0.2) is 0 Å². The van der Waals surface area contributed by atoms with Crippen molar-refractivity contribution in [3.05, 3.63) is 0 Å². The second kappa shape index (κ2) is 33.6. The van der Waals surface area contributed by atoms with Crippen molar-refractivity contribution in [2.24, 2.45) is 0 Å². The summed E-state index contributed by atoms with van der Waals surface area (Å²) >= 11 is 0. The first-order chi connectivity index (χ1) is 0. The van der Waals surface area contributed by atoms with E-state index in [9.17, 15) is 0 Å². The minimum absolute atomic E-state index is 0. The molecule has 0 bridgehead atoms. The topological polar surface area (TPSA) is 0 Å². The van der Waals surface area contributed by atoms with Crippen LogP contribution in [0, 0.1) is 41.7 Å². The van der Waals surface area contributed by atoms with Gasteiger partial charge in [-0.25, -0.2) is 0 Å². The molecule has 6 heavy (non-hydrogen) atoms. The maximum Gasteiger partial charge on any atom is 3.00 e. The van der Waals surface area contributed by atoms with Crippen LogP contribution in [0.25, 0.3) is 0 Å². The van der Waals surface area contributed by atoms with Gasteiger partial charge in [-0.05, 0) is 0 Å². The van der Waals surface area contributed by atoms with Gasteiger partial charge in [0.15, 0.2) is 0 Å². The Morgan fingerprint density at radius 2 is 0.500 bits per heavy atom. The summed E-state index contributed by atoms with van der Waals surface area (Å²) in [4.78, 5) is 0. The molecule has 0 N–H and O–H groups in total. The summed E-state index contributed by atoms with van der Waals surface area (Å²) in [5, 5.41) is 0. The molecule has 0 spiro atoms. The molecule has 0 heterocycles. The Hall–Kier alpha value is 4.59. The summed E-state index contributed by atoms with van der Waals surface area (Å²) < 4.78 is 0. The molecule has 0 aromatic carbocycles. The fourth-order valence-electron chi connectivity index (χ4n) is 0. The minimum Gasteiger partial charge on any atom is -1.00 e. The molecule has 1 radical (unpaired) electrons. The van der Waals surface area contributed by atoms with Gasteiger partial charge >= 0.3 is 111 Å². The van der Waals surface area contributed by atoms with Gasteiger partial charge in [0.25, 0.3) is 0 Å². The summed E-state index contributed by atoms with van der Waals surface area (Å²) in [7, 11) is 0. The summed E-state index contributed by atoms with van der Waals surface area (Å²) in [5.41, 5.74) is 0. The molecular formula is CeCl4Cs. The molecule has 0 unspecified atom stereocenters. The minimum atomic E-state index is 0. The van der Waals surface area contributed by atoms with Gasteiger partial charge in [0.1, 0.15) is 0 Å². The number of hydrogen-bond donors (Lipinski definition) is 0. The number of rotatable bonds is 0. The average molecular weight is 415 g/mol.